The standard InChI is InChI=1S/C10H12O3/c1-2-3-6-9(11)7-4-5-8-10(12)13/h3-8H,2H2,1H3,(H,12,13). The van der Waals surface area contributed by atoms with Crippen molar-refractivity contribution in [2.45, 2.75) is 13.3 Å². The number of carbonyl (C=O) groups excluding carboxylic acids is 1. The number of allylic oxidation sites excluding steroid dienone is 5. The molecule has 0 bridgehead atoms. The number of ketones is 1. The number of aliphatic carboxylic acids is 1. The molecular weight excluding hydrogens is 168 g/mol. The van der Waals surface area contributed by atoms with E-state index in [1.807, 2.05) is 6.92 Å². The number of carbonyl (C=O) groups is 2. The van der Waals surface area contributed by atoms with Gasteiger partial charge in [-0.15, -0.1) is 0 Å². The average Bonchev–Trinajstić information content (AvgIpc) is 2.08. The maximum absolute atomic E-state index is 10.9. The molecule has 0 saturated carbocycles. The van der Waals surface area contributed by atoms with E-state index < -0.39 is 5.97 Å². The number of carboxylic acids is 1. The molecule has 0 aromatic rings. The van der Waals surface area contributed by atoms with Crippen LogP contribution in [0.5, 0.6) is 0 Å². The van der Waals surface area contributed by atoms with E-state index in [4.69, 9.17) is 5.11 Å². The molecule has 0 rings (SSSR count). The van der Waals surface area contributed by atoms with E-state index in [1.165, 1.54) is 24.3 Å². The average molecular weight is 180 g/mol. The van der Waals surface area contributed by atoms with Crippen molar-refractivity contribution in [3.05, 3.63) is 36.5 Å². The van der Waals surface area contributed by atoms with Crippen LogP contribution in [0.3, 0.4) is 0 Å². The van der Waals surface area contributed by atoms with Gasteiger partial charge in [0.05, 0.1) is 0 Å². The third-order valence-electron chi connectivity index (χ3n) is 1.13. The summed E-state index contributed by atoms with van der Waals surface area (Å²) >= 11 is 0. The number of hydrogen-bond donors (Lipinski definition) is 1. The minimum absolute atomic E-state index is 0.142. The lowest BCUT2D eigenvalue weighted by molar-refractivity contribution is -0.131. The molecule has 0 saturated heterocycles. The maximum atomic E-state index is 10.9. The third kappa shape index (κ3) is 8.26. The highest BCUT2D eigenvalue weighted by Crippen LogP contribution is 1.85. The minimum atomic E-state index is -1.03. The number of carboxylic acid groups (broad SMARTS) is 1. The molecule has 0 radical (unpaired) electrons. The van der Waals surface area contributed by atoms with Gasteiger partial charge in [-0.25, -0.2) is 4.79 Å². The Kier molecular flexibility index (Phi) is 6.15. The van der Waals surface area contributed by atoms with Gasteiger partial charge in [0.2, 0.25) is 0 Å². The van der Waals surface area contributed by atoms with E-state index in [0.29, 0.717) is 0 Å². The SMILES string of the molecule is CCC=CC(=O)C=CC=CC(=O)O. The Hall–Kier alpha value is -1.64. The molecule has 0 unspecified atom stereocenters. The largest absolute Gasteiger partial charge is 0.478 e. The Morgan fingerprint density at radius 3 is 2.31 bits per heavy atom. The van der Waals surface area contributed by atoms with Gasteiger partial charge in [0.25, 0.3) is 0 Å². The predicted octanol–water partition coefficient (Wildman–Crippen LogP) is 1.72. The van der Waals surface area contributed by atoms with Crippen molar-refractivity contribution in [3.63, 3.8) is 0 Å². The van der Waals surface area contributed by atoms with E-state index in [9.17, 15) is 9.59 Å². The fourth-order valence-electron chi connectivity index (χ4n) is 0.578. The molecule has 0 atom stereocenters. The second-order valence-electron chi connectivity index (χ2n) is 2.27. The van der Waals surface area contributed by atoms with Gasteiger partial charge in [0, 0.05) is 6.08 Å². The Bertz CT molecular complexity index is 259. The molecular formula is C10H12O3. The van der Waals surface area contributed by atoms with Crippen molar-refractivity contribution in [2.24, 2.45) is 0 Å². The number of hydrogen-bond acceptors (Lipinski definition) is 2. The molecule has 3 heteroatoms. The van der Waals surface area contributed by atoms with E-state index in [-0.39, 0.29) is 5.78 Å². The third-order valence-corrected chi connectivity index (χ3v) is 1.13. The quantitative estimate of drug-likeness (QED) is 0.517. The molecule has 0 aliphatic carbocycles. The summed E-state index contributed by atoms with van der Waals surface area (Å²) in [5.41, 5.74) is 0. The summed E-state index contributed by atoms with van der Waals surface area (Å²) in [7, 11) is 0. The fourth-order valence-corrected chi connectivity index (χ4v) is 0.578. The van der Waals surface area contributed by atoms with Crippen LogP contribution in [0.15, 0.2) is 36.5 Å². The lowest BCUT2D eigenvalue weighted by atomic mass is 10.3. The van der Waals surface area contributed by atoms with Crippen molar-refractivity contribution in [3.8, 4) is 0 Å². The van der Waals surface area contributed by atoms with Gasteiger partial charge in [-0.05, 0) is 18.6 Å². The van der Waals surface area contributed by atoms with Crippen LogP contribution in [0, 0.1) is 0 Å². The molecule has 70 valence electrons. The van der Waals surface area contributed by atoms with Crippen LogP contribution in [0.25, 0.3) is 0 Å². The zero-order chi connectivity index (χ0) is 10.1. The first-order valence-corrected chi connectivity index (χ1v) is 3.95. The van der Waals surface area contributed by atoms with Crippen molar-refractivity contribution < 1.29 is 14.7 Å². The first kappa shape index (κ1) is 11.4. The smallest absolute Gasteiger partial charge is 0.328 e. The summed E-state index contributed by atoms with van der Waals surface area (Å²) < 4.78 is 0. The van der Waals surface area contributed by atoms with Gasteiger partial charge < -0.3 is 5.11 Å². The second kappa shape index (κ2) is 7.03. The molecule has 0 aliphatic rings. The van der Waals surface area contributed by atoms with Crippen LogP contribution >= 0.6 is 0 Å². The predicted molar refractivity (Wildman–Crippen MR) is 50.4 cm³/mol. The molecule has 0 spiro atoms. The Labute approximate surface area is 77.1 Å². The van der Waals surface area contributed by atoms with Gasteiger partial charge in [-0.1, -0.05) is 25.2 Å². The van der Waals surface area contributed by atoms with E-state index in [0.717, 1.165) is 12.5 Å². The minimum Gasteiger partial charge on any atom is -0.478 e. The van der Waals surface area contributed by atoms with Gasteiger partial charge in [-0.3, -0.25) is 4.79 Å². The highest BCUT2D eigenvalue weighted by molar-refractivity contribution is 5.99. The van der Waals surface area contributed by atoms with Crippen molar-refractivity contribution in [1.29, 1.82) is 0 Å². The Balaban J connectivity index is 3.91. The van der Waals surface area contributed by atoms with Gasteiger partial charge in [-0.2, -0.15) is 0 Å². The molecule has 0 heterocycles. The van der Waals surface area contributed by atoms with Crippen LogP contribution in [0.2, 0.25) is 0 Å². The van der Waals surface area contributed by atoms with Gasteiger partial charge in [0.15, 0.2) is 5.78 Å². The molecule has 0 amide bonds. The summed E-state index contributed by atoms with van der Waals surface area (Å²) in [6, 6.07) is 0. The maximum Gasteiger partial charge on any atom is 0.328 e. The lowest BCUT2D eigenvalue weighted by Gasteiger charge is -1.80. The van der Waals surface area contributed by atoms with Crippen LogP contribution in [-0.2, 0) is 9.59 Å². The zero-order valence-electron chi connectivity index (χ0n) is 7.43. The summed E-state index contributed by atoms with van der Waals surface area (Å²) in [5.74, 6) is -1.17. The van der Waals surface area contributed by atoms with Crippen molar-refractivity contribution in [2.75, 3.05) is 0 Å². The van der Waals surface area contributed by atoms with Gasteiger partial charge >= 0.3 is 5.97 Å². The van der Waals surface area contributed by atoms with E-state index in [2.05, 4.69) is 0 Å². The summed E-state index contributed by atoms with van der Waals surface area (Å²) in [6.45, 7) is 1.93. The van der Waals surface area contributed by atoms with Crippen LogP contribution < -0.4 is 0 Å². The Morgan fingerprint density at radius 1 is 1.15 bits per heavy atom. The fraction of sp³-hybridized carbons (Fsp3) is 0.200. The first-order chi connectivity index (χ1) is 6.16. The Morgan fingerprint density at radius 2 is 1.77 bits per heavy atom. The van der Waals surface area contributed by atoms with Crippen LogP contribution in [0.1, 0.15) is 13.3 Å². The second-order valence-corrected chi connectivity index (χ2v) is 2.27. The highest BCUT2D eigenvalue weighted by atomic mass is 16.4. The lowest BCUT2D eigenvalue weighted by Crippen LogP contribution is -1.86. The normalized spacial score (nSPS) is 11.8. The monoisotopic (exact) mass is 180 g/mol. The molecule has 3 nitrogen and oxygen atoms in total. The van der Waals surface area contributed by atoms with E-state index in [1.54, 1.807) is 6.08 Å². The molecule has 0 fully saturated rings. The van der Waals surface area contributed by atoms with Crippen LogP contribution in [-0.4, -0.2) is 16.9 Å². The molecule has 0 aromatic carbocycles. The van der Waals surface area contributed by atoms with Crippen molar-refractivity contribution in [1.82, 2.24) is 0 Å². The van der Waals surface area contributed by atoms with E-state index >= 15 is 0 Å². The zero-order valence-corrected chi connectivity index (χ0v) is 7.43. The molecule has 1 N–H and O–H groups in total. The first-order valence-electron chi connectivity index (χ1n) is 3.95. The molecule has 0 aliphatic heterocycles. The van der Waals surface area contributed by atoms with Crippen LogP contribution in [0.4, 0.5) is 0 Å². The summed E-state index contributed by atoms with van der Waals surface area (Å²) in [4.78, 5) is 20.9. The summed E-state index contributed by atoms with van der Waals surface area (Å²) in [5, 5.41) is 8.20. The number of rotatable bonds is 5. The molecule has 13 heavy (non-hydrogen) atoms. The highest BCUT2D eigenvalue weighted by Gasteiger charge is 1.85. The van der Waals surface area contributed by atoms with Gasteiger partial charge in [0.1, 0.15) is 0 Å². The molecule has 0 aromatic heterocycles. The summed E-state index contributed by atoms with van der Waals surface area (Å²) in [6.07, 6.45) is 8.98. The topological polar surface area (TPSA) is 54.4 Å². The van der Waals surface area contributed by atoms with Crippen molar-refractivity contribution >= 4 is 11.8 Å².